The van der Waals surface area contributed by atoms with Crippen LogP contribution in [0.25, 0.3) is 0 Å². The predicted molar refractivity (Wildman–Crippen MR) is 203 cm³/mol. The van der Waals surface area contributed by atoms with Crippen LogP contribution in [0.3, 0.4) is 0 Å². The Kier molecular flexibility index (Phi) is 20.0. The van der Waals surface area contributed by atoms with Crippen molar-refractivity contribution in [3.05, 3.63) is 81.0 Å². The summed E-state index contributed by atoms with van der Waals surface area (Å²) in [6, 6.07) is 9.35. The molecule has 0 radical (unpaired) electrons. The van der Waals surface area contributed by atoms with Crippen molar-refractivity contribution in [2.45, 2.75) is 78.4 Å². The van der Waals surface area contributed by atoms with Gasteiger partial charge in [-0.05, 0) is 62.0 Å². The molecule has 300 valence electrons. The highest BCUT2D eigenvalue weighted by Crippen LogP contribution is 2.66. The van der Waals surface area contributed by atoms with Crippen LogP contribution in [0.15, 0.2) is 81.0 Å². The van der Waals surface area contributed by atoms with Crippen molar-refractivity contribution in [1.29, 1.82) is 0 Å². The SMILES string of the molecule is C=CC(=O)OC1CC2CCC1(C)C2(C)C.C=CC(=O)OCC1(CC)COCOC1.C=CC(=O)OCC1CCCO1.C=CC(=O)OCCOc1ccccc1. The number of hydrogen-bond acceptors (Lipinski definition) is 12. The highest BCUT2D eigenvalue weighted by molar-refractivity contribution is 5.82. The minimum atomic E-state index is -0.429. The van der Waals surface area contributed by atoms with E-state index in [4.69, 9.17) is 37.9 Å². The van der Waals surface area contributed by atoms with Crippen LogP contribution in [0.1, 0.15) is 66.2 Å². The molecular weight excluding hydrogens is 696 g/mol. The van der Waals surface area contributed by atoms with E-state index in [9.17, 15) is 19.2 Å². The van der Waals surface area contributed by atoms with Gasteiger partial charge in [-0.1, -0.05) is 72.2 Å². The summed E-state index contributed by atoms with van der Waals surface area (Å²) in [5.74, 6) is 0.00222. The van der Waals surface area contributed by atoms with Gasteiger partial charge in [-0.25, -0.2) is 19.2 Å². The lowest BCUT2D eigenvalue weighted by atomic mass is 9.70. The standard InChI is InChI=1S/C13H20O2.C11H12O3.C10H16O4.C8H12O3/c1-5-11(14)15-10-8-9-6-7-13(10,4)12(9,2)3;1-2-11(12)14-9-8-13-10-6-4-3-5-7-10;1-3-9(11)14-7-10(4-2)5-12-8-13-6-10;1-2-8(9)11-6-7-4-3-5-10-7/h5,9-10H,1,6-8H2,2-4H3;2-7H,1,8-9H2;3H,1,4-8H2,2H3;2,7H,1,3-6H2. The van der Waals surface area contributed by atoms with Crippen LogP contribution in [-0.4, -0.2) is 89.1 Å². The molecule has 2 saturated heterocycles. The van der Waals surface area contributed by atoms with Gasteiger partial charge in [0.15, 0.2) is 0 Å². The summed E-state index contributed by atoms with van der Waals surface area (Å²) in [7, 11) is 0. The largest absolute Gasteiger partial charge is 0.490 e. The molecule has 12 nitrogen and oxygen atoms in total. The third-order valence-corrected chi connectivity index (χ3v) is 10.7. The summed E-state index contributed by atoms with van der Waals surface area (Å²) in [6.45, 7) is 25.8. The van der Waals surface area contributed by atoms with E-state index in [1.165, 1.54) is 18.9 Å². The van der Waals surface area contributed by atoms with Crippen molar-refractivity contribution < 1.29 is 57.1 Å². The van der Waals surface area contributed by atoms with Gasteiger partial charge in [-0.2, -0.15) is 0 Å². The molecule has 2 aliphatic carbocycles. The maximum absolute atomic E-state index is 11.3. The number of carbonyl (C=O) groups is 4. The molecule has 54 heavy (non-hydrogen) atoms. The zero-order chi connectivity index (χ0) is 40.0. The molecule has 4 fully saturated rings. The third-order valence-electron chi connectivity index (χ3n) is 10.7. The van der Waals surface area contributed by atoms with Crippen molar-refractivity contribution in [3.63, 3.8) is 0 Å². The van der Waals surface area contributed by atoms with E-state index in [1.807, 2.05) is 37.3 Å². The van der Waals surface area contributed by atoms with Gasteiger partial charge in [0.1, 0.15) is 45.1 Å². The first-order chi connectivity index (χ1) is 25.8. The Balaban J connectivity index is 0.000000250. The lowest BCUT2D eigenvalue weighted by Crippen LogP contribution is -2.41. The van der Waals surface area contributed by atoms with Gasteiger partial charge >= 0.3 is 23.9 Å². The van der Waals surface area contributed by atoms with E-state index in [0.29, 0.717) is 51.2 Å². The molecule has 0 amide bonds. The fraction of sp³-hybridized carbons (Fsp3) is 0.571. The summed E-state index contributed by atoms with van der Waals surface area (Å²) < 4.78 is 40.9. The topological polar surface area (TPSA) is 142 Å². The van der Waals surface area contributed by atoms with Gasteiger partial charge in [0, 0.05) is 36.3 Å². The van der Waals surface area contributed by atoms with Gasteiger partial charge in [0.05, 0.1) is 24.7 Å². The molecule has 4 atom stereocenters. The van der Waals surface area contributed by atoms with Gasteiger partial charge in [0.2, 0.25) is 0 Å². The monoisotopic (exact) mass is 756 g/mol. The molecule has 2 heterocycles. The normalized spacial score (nSPS) is 23.8. The smallest absolute Gasteiger partial charge is 0.330 e. The minimum absolute atomic E-state index is 0.0942. The second-order valence-corrected chi connectivity index (χ2v) is 14.2. The predicted octanol–water partition coefficient (Wildman–Crippen LogP) is 6.74. The fourth-order valence-corrected chi connectivity index (χ4v) is 6.67. The second-order valence-electron chi connectivity index (χ2n) is 14.2. The number of benzene rings is 1. The van der Waals surface area contributed by atoms with Crippen molar-refractivity contribution in [3.8, 4) is 5.75 Å². The maximum Gasteiger partial charge on any atom is 0.330 e. The lowest BCUT2D eigenvalue weighted by Gasteiger charge is -2.38. The fourth-order valence-electron chi connectivity index (χ4n) is 6.67. The Morgan fingerprint density at radius 1 is 0.815 bits per heavy atom. The Labute approximate surface area is 320 Å². The van der Waals surface area contributed by atoms with Crippen molar-refractivity contribution in [2.75, 3.05) is 53.0 Å². The van der Waals surface area contributed by atoms with Gasteiger partial charge in [-0.3, -0.25) is 0 Å². The number of rotatable bonds is 14. The molecule has 0 N–H and O–H groups in total. The average molecular weight is 757 g/mol. The first kappa shape index (κ1) is 45.9. The molecule has 4 aliphatic rings. The molecular formula is C42H60O12. The van der Waals surface area contributed by atoms with E-state index < -0.39 is 11.9 Å². The van der Waals surface area contributed by atoms with Crippen LogP contribution in [-0.2, 0) is 52.3 Å². The average Bonchev–Trinajstić information content (AvgIpc) is 3.85. The molecule has 2 aliphatic heterocycles. The lowest BCUT2D eigenvalue weighted by molar-refractivity contribution is -0.185. The first-order valence-corrected chi connectivity index (χ1v) is 18.4. The van der Waals surface area contributed by atoms with Gasteiger partial charge in [0.25, 0.3) is 0 Å². The van der Waals surface area contributed by atoms with Gasteiger partial charge in [-0.15, -0.1) is 0 Å². The number of ether oxygens (including phenoxy) is 8. The van der Waals surface area contributed by atoms with E-state index in [2.05, 4.69) is 47.1 Å². The van der Waals surface area contributed by atoms with Crippen molar-refractivity contribution in [2.24, 2.45) is 22.2 Å². The highest BCUT2D eigenvalue weighted by atomic mass is 16.7. The van der Waals surface area contributed by atoms with E-state index in [0.717, 1.165) is 56.3 Å². The number of fused-ring (bicyclic) bond motifs is 2. The Hall–Kier alpha value is -4.26. The molecule has 5 rings (SSSR count). The summed E-state index contributed by atoms with van der Waals surface area (Å²) in [5.41, 5.74) is 0.284. The summed E-state index contributed by atoms with van der Waals surface area (Å²) in [6.07, 6.45) is 11.3. The zero-order valence-corrected chi connectivity index (χ0v) is 32.6. The maximum atomic E-state index is 11.3. The van der Waals surface area contributed by atoms with Crippen molar-refractivity contribution >= 4 is 23.9 Å². The van der Waals surface area contributed by atoms with Crippen LogP contribution in [0.2, 0.25) is 0 Å². The Morgan fingerprint density at radius 3 is 1.94 bits per heavy atom. The molecule has 2 bridgehead atoms. The summed E-state index contributed by atoms with van der Waals surface area (Å²) in [5, 5.41) is 0. The summed E-state index contributed by atoms with van der Waals surface area (Å²) >= 11 is 0. The van der Waals surface area contributed by atoms with E-state index in [1.54, 1.807) is 0 Å². The second kappa shape index (κ2) is 23.5. The minimum Gasteiger partial charge on any atom is -0.490 e. The number of hydrogen-bond donors (Lipinski definition) is 0. The molecule has 4 unspecified atom stereocenters. The molecule has 0 spiro atoms. The number of esters is 4. The quantitative estimate of drug-likeness (QED) is 0.0859. The molecule has 1 aromatic rings. The Bertz CT molecular complexity index is 1360. The first-order valence-electron chi connectivity index (χ1n) is 18.4. The molecule has 0 aromatic heterocycles. The van der Waals surface area contributed by atoms with Crippen LogP contribution in [0.5, 0.6) is 5.75 Å². The Morgan fingerprint density at radius 2 is 1.43 bits per heavy atom. The van der Waals surface area contributed by atoms with Gasteiger partial charge < -0.3 is 37.9 Å². The van der Waals surface area contributed by atoms with Crippen LogP contribution >= 0.6 is 0 Å². The molecule has 2 saturated carbocycles. The summed E-state index contributed by atoms with van der Waals surface area (Å²) in [4.78, 5) is 43.3. The number of carbonyl (C=O) groups excluding carboxylic acids is 4. The van der Waals surface area contributed by atoms with E-state index in [-0.39, 0.29) is 41.6 Å². The molecule has 12 heteroatoms. The zero-order valence-electron chi connectivity index (χ0n) is 32.6. The van der Waals surface area contributed by atoms with Crippen LogP contribution < -0.4 is 4.74 Å². The highest BCUT2D eigenvalue weighted by Gasteiger charge is 2.62. The number of para-hydroxylation sites is 1. The molecule has 1 aromatic carbocycles. The van der Waals surface area contributed by atoms with Crippen LogP contribution in [0.4, 0.5) is 0 Å². The van der Waals surface area contributed by atoms with Crippen LogP contribution in [0, 0.1) is 22.2 Å². The van der Waals surface area contributed by atoms with Crippen molar-refractivity contribution in [1.82, 2.24) is 0 Å². The third kappa shape index (κ3) is 14.5. The van der Waals surface area contributed by atoms with E-state index >= 15 is 0 Å².